The normalized spacial score (nSPS) is 16.7. The molecule has 1 saturated heterocycles. The predicted octanol–water partition coefficient (Wildman–Crippen LogP) is 2.90. The first kappa shape index (κ1) is 19.2. The minimum Gasteiger partial charge on any atom is -0.457 e. The maximum absolute atomic E-state index is 12.7. The lowest BCUT2D eigenvalue weighted by atomic mass is 10.0. The summed E-state index contributed by atoms with van der Waals surface area (Å²) in [6.07, 6.45) is 1.37. The third kappa shape index (κ3) is 3.32. The van der Waals surface area contributed by atoms with Gasteiger partial charge in [-0.25, -0.2) is 5.01 Å². The van der Waals surface area contributed by atoms with E-state index >= 15 is 0 Å². The van der Waals surface area contributed by atoms with E-state index in [0.29, 0.717) is 28.3 Å². The molecule has 0 radical (unpaired) electrons. The van der Waals surface area contributed by atoms with Crippen LogP contribution in [0.4, 0.5) is 5.69 Å². The fourth-order valence-corrected chi connectivity index (χ4v) is 3.74. The number of nitrogens with zero attached hydrogens (tertiary/aromatic N) is 1. The molecule has 3 aromatic rings. The number of hydrogen-bond acceptors (Lipinski definition) is 5. The van der Waals surface area contributed by atoms with Crippen molar-refractivity contribution in [1.82, 2.24) is 10.7 Å². The van der Waals surface area contributed by atoms with Crippen LogP contribution in [0.3, 0.4) is 0 Å². The third-order valence-corrected chi connectivity index (χ3v) is 5.63. The van der Waals surface area contributed by atoms with Gasteiger partial charge in [0.15, 0.2) is 0 Å². The topological polar surface area (TPSA) is 109 Å². The molecule has 3 heterocycles. The molecule has 152 valence electrons. The number of halogens is 1. The number of furan rings is 1. The van der Waals surface area contributed by atoms with Gasteiger partial charge in [0, 0.05) is 9.13 Å². The number of hydrazine groups is 1. The first-order valence-electron chi connectivity index (χ1n) is 9.13. The van der Waals surface area contributed by atoms with Crippen molar-refractivity contribution in [3.8, 4) is 11.3 Å². The van der Waals surface area contributed by atoms with Gasteiger partial charge in [-0.3, -0.25) is 29.9 Å². The van der Waals surface area contributed by atoms with Crippen molar-refractivity contribution < 1.29 is 23.6 Å². The molecule has 0 atom stereocenters. The Morgan fingerprint density at radius 1 is 0.839 bits per heavy atom. The highest BCUT2D eigenvalue weighted by molar-refractivity contribution is 14.1. The second-order valence-corrected chi connectivity index (χ2v) is 8.11. The molecule has 8 nitrogen and oxygen atoms in total. The Morgan fingerprint density at radius 3 is 2.35 bits per heavy atom. The van der Waals surface area contributed by atoms with Gasteiger partial charge in [0.25, 0.3) is 23.6 Å². The van der Waals surface area contributed by atoms with Crippen molar-refractivity contribution >= 4 is 58.0 Å². The second-order valence-electron chi connectivity index (χ2n) is 6.86. The summed E-state index contributed by atoms with van der Waals surface area (Å²) in [5.74, 6) is -1.17. The van der Waals surface area contributed by atoms with Crippen molar-refractivity contribution in [3.05, 3.63) is 80.6 Å². The molecule has 0 saturated carbocycles. The quantitative estimate of drug-likeness (QED) is 0.237. The molecule has 2 aromatic carbocycles. The molecule has 5 rings (SSSR count). The molecule has 0 unspecified atom stereocenters. The summed E-state index contributed by atoms with van der Waals surface area (Å²) in [6.45, 7) is 0. The van der Waals surface area contributed by atoms with Crippen molar-refractivity contribution in [1.29, 1.82) is 0 Å². The molecule has 9 heteroatoms. The van der Waals surface area contributed by atoms with Crippen LogP contribution >= 0.6 is 22.6 Å². The first-order chi connectivity index (χ1) is 14.9. The second kappa shape index (κ2) is 7.20. The monoisotopic (exact) mass is 525 g/mol. The lowest BCUT2D eigenvalue weighted by Gasteiger charge is -2.14. The van der Waals surface area contributed by atoms with Gasteiger partial charge in [0.1, 0.15) is 17.1 Å². The highest BCUT2D eigenvalue weighted by Crippen LogP contribution is 2.28. The van der Waals surface area contributed by atoms with E-state index in [1.165, 1.54) is 11.1 Å². The number of nitrogens with one attached hydrogen (secondary N) is 2. The Morgan fingerprint density at radius 2 is 1.58 bits per heavy atom. The van der Waals surface area contributed by atoms with Crippen molar-refractivity contribution in [2.75, 3.05) is 5.01 Å². The standard InChI is InChI=1S/C22H12IN3O5/c23-12-2-4-13(5-3-12)26-22(30)17(21(29)25-26)10-14-6-8-18(31-14)11-1-7-15-16(9-11)20(28)24-19(15)27/h1-10H,(H,25,29)(H,24,27,28). The highest BCUT2D eigenvalue weighted by atomic mass is 127. The number of imide groups is 1. The number of anilines is 1. The Balaban J connectivity index is 1.43. The summed E-state index contributed by atoms with van der Waals surface area (Å²) in [5, 5.41) is 3.42. The summed E-state index contributed by atoms with van der Waals surface area (Å²) in [5.41, 5.74) is 4.21. The van der Waals surface area contributed by atoms with E-state index in [2.05, 4.69) is 33.3 Å². The van der Waals surface area contributed by atoms with E-state index in [0.717, 1.165) is 3.57 Å². The molecule has 31 heavy (non-hydrogen) atoms. The smallest absolute Gasteiger partial charge is 0.282 e. The molecule has 0 bridgehead atoms. The van der Waals surface area contributed by atoms with Crippen LogP contribution in [0.1, 0.15) is 26.5 Å². The molecule has 1 fully saturated rings. The average molecular weight is 525 g/mol. The van der Waals surface area contributed by atoms with E-state index in [4.69, 9.17) is 4.42 Å². The van der Waals surface area contributed by atoms with E-state index < -0.39 is 23.6 Å². The number of carbonyl (C=O) groups excluding carboxylic acids is 4. The van der Waals surface area contributed by atoms with E-state index in [1.54, 1.807) is 42.5 Å². The van der Waals surface area contributed by atoms with Crippen LogP contribution in [-0.4, -0.2) is 23.6 Å². The molecule has 4 amide bonds. The first-order valence-corrected chi connectivity index (χ1v) is 10.2. The van der Waals surface area contributed by atoms with Crippen LogP contribution in [0, 0.1) is 3.57 Å². The van der Waals surface area contributed by atoms with Gasteiger partial charge >= 0.3 is 0 Å². The van der Waals surface area contributed by atoms with Gasteiger partial charge in [-0.05, 0) is 77.2 Å². The molecule has 2 aliphatic heterocycles. The lowest BCUT2D eigenvalue weighted by Crippen LogP contribution is -2.35. The SMILES string of the molecule is O=C1NN(c2ccc(I)cc2)C(=O)C1=Cc1ccc(-c2ccc3c(c2)C(=O)NC3=O)o1. The summed E-state index contributed by atoms with van der Waals surface area (Å²) < 4.78 is 6.77. The van der Waals surface area contributed by atoms with Crippen molar-refractivity contribution in [3.63, 3.8) is 0 Å². The summed E-state index contributed by atoms with van der Waals surface area (Å²) in [7, 11) is 0. The number of benzene rings is 2. The molecule has 1 aromatic heterocycles. The van der Waals surface area contributed by atoms with Crippen LogP contribution in [0.5, 0.6) is 0 Å². The van der Waals surface area contributed by atoms with E-state index in [9.17, 15) is 19.2 Å². The largest absolute Gasteiger partial charge is 0.457 e. The molecule has 0 aliphatic carbocycles. The molecule has 2 N–H and O–H groups in total. The number of rotatable bonds is 3. The van der Waals surface area contributed by atoms with Crippen LogP contribution in [0.2, 0.25) is 0 Å². The maximum Gasteiger partial charge on any atom is 0.282 e. The minimum atomic E-state index is -0.533. The number of fused-ring (bicyclic) bond motifs is 1. The Kier molecular flexibility index (Phi) is 4.47. The van der Waals surface area contributed by atoms with Crippen molar-refractivity contribution in [2.45, 2.75) is 0 Å². The van der Waals surface area contributed by atoms with Crippen LogP contribution in [-0.2, 0) is 9.59 Å². The molecular formula is C22H12IN3O5. The van der Waals surface area contributed by atoms with Crippen LogP contribution in [0.25, 0.3) is 17.4 Å². The lowest BCUT2D eigenvalue weighted by molar-refractivity contribution is -0.117. The molecular weight excluding hydrogens is 513 g/mol. The van der Waals surface area contributed by atoms with Gasteiger partial charge in [0.2, 0.25) is 0 Å². The number of hydrogen-bond donors (Lipinski definition) is 2. The van der Waals surface area contributed by atoms with Crippen molar-refractivity contribution in [2.24, 2.45) is 0 Å². The van der Waals surface area contributed by atoms with Gasteiger partial charge < -0.3 is 4.42 Å². The Bertz CT molecular complexity index is 1320. The van der Waals surface area contributed by atoms with Gasteiger partial charge in [-0.15, -0.1) is 0 Å². The van der Waals surface area contributed by atoms with Gasteiger partial charge in [-0.2, -0.15) is 0 Å². The summed E-state index contributed by atoms with van der Waals surface area (Å²) in [6, 6.07) is 15.2. The average Bonchev–Trinajstić information content (AvgIpc) is 3.42. The summed E-state index contributed by atoms with van der Waals surface area (Å²) >= 11 is 2.15. The summed E-state index contributed by atoms with van der Waals surface area (Å²) in [4.78, 5) is 48.6. The number of amides is 4. The highest BCUT2D eigenvalue weighted by Gasteiger charge is 2.34. The zero-order chi connectivity index (χ0) is 21.7. The minimum absolute atomic E-state index is 0.0571. The molecule has 0 spiro atoms. The van der Waals surface area contributed by atoms with Gasteiger partial charge in [0.05, 0.1) is 16.8 Å². The van der Waals surface area contributed by atoms with Crippen LogP contribution in [0.15, 0.2) is 64.6 Å². The molecule has 2 aliphatic rings. The van der Waals surface area contributed by atoms with Gasteiger partial charge in [-0.1, -0.05) is 6.07 Å². The Labute approximate surface area is 189 Å². The number of carbonyl (C=O) groups is 4. The zero-order valence-corrected chi connectivity index (χ0v) is 17.8. The van der Waals surface area contributed by atoms with E-state index in [1.807, 2.05) is 12.1 Å². The predicted molar refractivity (Wildman–Crippen MR) is 119 cm³/mol. The van der Waals surface area contributed by atoms with E-state index in [-0.39, 0.29) is 11.1 Å². The zero-order valence-electron chi connectivity index (χ0n) is 15.6. The third-order valence-electron chi connectivity index (χ3n) is 4.91. The fraction of sp³-hybridized carbons (Fsp3) is 0. The maximum atomic E-state index is 12.7. The fourth-order valence-electron chi connectivity index (χ4n) is 3.38. The Hall–Kier alpha value is -3.73. The van der Waals surface area contributed by atoms with Crippen LogP contribution < -0.4 is 15.8 Å².